The van der Waals surface area contributed by atoms with Gasteiger partial charge in [0.05, 0.1) is 18.4 Å². The predicted octanol–water partition coefficient (Wildman–Crippen LogP) is 1.76. The maximum absolute atomic E-state index is 12.1. The van der Waals surface area contributed by atoms with E-state index in [9.17, 15) is 9.59 Å². The van der Waals surface area contributed by atoms with Crippen LogP contribution >= 0.6 is 0 Å². The quantitative estimate of drug-likeness (QED) is 0.747. The molecule has 1 aromatic heterocycles. The van der Waals surface area contributed by atoms with Crippen molar-refractivity contribution in [1.29, 1.82) is 0 Å². The molecular formula is C15H14N2O4. The first-order valence-electron chi connectivity index (χ1n) is 6.58. The number of carbonyl (C=O) groups excluding carboxylic acids is 2. The van der Waals surface area contributed by atoms with E-state index in [1.807, 2.05) is 0 Å². The number of para-hydroxylation sites is 1. The molecule has 0 aliphatic carbocycles. The number of hydrogen-bond donors (Lipinski definition) is 0. The van der Waals surface area contributed by atoms with Crippen LogP contribution in [-0.4, -0.2) is 34.9 Å². The van der Waals surface area contributed by atoms with Crippen LogP contribution in [0.3, 0.4) is 0 Å². The fourth-order valence-corrected chi connectivity index (χ4v) is 2.39. The molecule has 2 aromatic rings. The van der Waals surface area contributed by atoms with Gasteiger partial charge in [-0.15, -0.1) is 0 Å². The number of ether oxygens (including phenoxy) is 2. The number of hydrogen-bond acceptors (Lipinski definition) is 5. The van der Waals surface area contributed by atoms with E-state index in [4.69, 9.17) is 9.47 Å². The lowest BCUT2D eigenvalue weighted by Gasteiger charge is -2.20. The Balaban J connectivity index is 2.21. The molecule has 6 nitrogen and oxygen atoms in total. The molecular weight excluding hydrogens is 272 g/mol. The summed E-state index contributed by atoms with van der Waals surface area (Å²) >= 11 is 0. The summed E-state index contributed by atoms with van der Waals surface area (Å²) in [6.07, 6.45) is 0.177. The van der Waals surface area contributed by atoms with Gasteiger partial charge in [-0.1, -0.05) is 12.1 Å². The Morgan fingerprint density at radius 2 is 2.19 bits per heavy atom. The highest BCUT2D eigenvalue weighted by molar-refractivity contribution is 5.94. The fourth-order valence-electron chi connectivity index (χ4n) is 2.39. The summed E-state index contributed by atoms with van der Waals surface area (Å²) in [6.45, 7) is 1.81. The summed E-state index contributed by atoms with van der Waals surface area (Å²) in [6, 6.07) is 8.68. The average molecular weight is 286 g/mol. The third-order valence-electron chi connectivity index (χ3n) is 3.33. The van der Waals surface area contributed by atoms with E-state index in [1.165, 1.54) is 7.11 Å². The minimum atomic E-state index is -0.508. The highest BCUT2D eigenvalue weighted by Gasteiger charge is 2.25. The van der Waals surface area contributed by atoms with E-state index in [-0.39, 0.29) is 17.8 Å². The fraction of sp³-hybridized carbons (Fsp3) is 0.267. The summed E-state index contributed by atoms with van der Waals surface area (Å²) in [7, 11) is 1.31. The number of aromatic nitrogens is 2. The number of benzene rings is 1. The van der Waals surface area contributed by atoms with E-state index in [2.05, 4.69) is 5.10 Å². The topological polar surface area (TPSA) is 70.4 Å². The number of fused-ring (bicyclic) bond motifs is 3. The lowest BCUT2D eigenvalue weighted by Crippen LogP contribution is -2.23. The maximum atomic E-state index is 12.1. The van der Waals surface area contributed by atoms with Crippen molar-refractivity contribution in [2.75, 3.05) is 7.11 Å². The van der Waals surface area contributed by atoms with Crippen LogP contribution in [0, 0.1) is 0 Å². The van der Waals surface area contributed by atoms with Crippen molar-refractivity contribution < 1.29 is 19.1 Å². The van der Waals surface area contributed by atoms with Crippen molar-refractivity contribution in [1.82, 2.24) is 9.78 Å². The number of carbonyl (C=O) groups is 2. The molecule has 0 fully saturated rings. The van der Waals surface area contributed by atoms with Crippen molar-refractivity contribution in [2.45, 2.75) is 19.4 Å². The summed E-state index contributed by atoms with van der Waals surface area (Å²) in [5, 5.41) is 4.27. The van der Waals surface area contributed by atoms with E-state index >= 15 is 0 Å². The highest BCUT2D eigenvalue weighted by Crippen LogP contribution is 2.23. The van der Waals surface area contributed by atoms with E-state index in [0.29, 0.717) is 17.7 Å². The van der Waals surface area contributed by atoms with Crippen LogP contribution in [-0.2, 0) is 15.9 Å². The number of nitrogens with zero attached hydrogens (tertiary/aromatic N) is 2. The van der Waals surface area contributed by atoms with Crippen LogP contribution in [0.15, 0.2) is 30.3 Å². The van der Waals surface area contributed by atoms with Gasteiger partial charge in [0.15, 0.2) is 5.69 Å². The van der Waals surface area contributed by atoms with Crippen molar-refractivity contribution in [3.05, 3.63) is 47.3 Å². The lowest BCUT2D eigenvalue weighted by atomic mass is 10.1. The molecule has 2 heterocycles. The number of esters is 2. The molecule has 0 saturated heterocycles. The molecule has 3 rings (SSSR count). The first-order valence-corrected chi connectivity index (χ1v) is 6.58. The van der Waals surface area contributed by atoms with Gasteiger partial charge in [0.25, 0.3) is 0 Å². The Kier molecular flexibility index (Phi) is 3.21. The SMILES string of the molecule is COC(=O)c1cc2n(n1)-c1ccccc1C(=O)OC(C)C2. The van der Waals surface area contributed by atoms with Gasteiger partial charge in [0, 0.05) is 12.1 Å². The van der Waals surface area contributed by atoms with Gasteiger partial charge < -0.3 is 9.47 Å². The largest absolute Gasteiger partial charge is 0.464 e. The molecule has 0 saturated carbocycles. The van der Waals surface area contributed by atoms with Crippen molar-refractivity contribution in [3.63, 3.8) is 0 Å². The van der Waals surface area contributed by atoms with Crippen LogP contribution in [0.2, 0.25) is 0 Å². The standard InChI is InChI=1S/C15H14N2O4/c1-9-7-10-8-12(15(19)20-2)16-17(10)13-6-4-3-5-11(13)14(18)21-9/h3-6,8-9H,7H2,1-2H3. The van der Waals surface area contributed by atoms with Crippen LogP contribution in [0.1, 0.15) is 33.5 Å². The molecule has 0 N–H and O–H groups in total. The molecule has 1 atom stereocenters. The third kappa shape index (κ3) is 2.29. The van der Waals surface area contributed by atoms with Gasteiger partial charge in [0.2, 0.25) is 0 Å². The Morgan fingerprint density at radius 1 is 1.43 bits per heavy atom. The smallest absolute Gasteiger partial charge is 0.358 e. The Bertz CT molecular complexity index is 720. The minimum Gasteiger partial charge on any atom is -0.464 e. The zero-order valence-corrected chi connectivity index (χ0v) is 11.7. The van der Waals surface area contributed by atoms with Gasteiger partial charge in [-0.05, 0) is 25.1 Å². The zero-order chi connectivity index (χ0) is 15.0. The molecule has 108 valence electrons. The summed E-state index contributed by atoms with van der Waals surface area (Å²) < 4.78 is 11.7. The first kappa shape index (κ1) is 13.4. The molecule has 6 heteroatoms. The molecule has 0 bridgehead atoms. The van der Waals surface area contributed by atoms with Crippen LogP contribution in [0.4, 0.5) is 0 Å². The number of cyclic esters (lactones) is 1. The maximum Gasteiger partial charge on any atom is 0.358 e. The van der Waals surface area contributed by atoms with Crippen LogP contribution in [0.25, 0.3) is 5.69 Å². The van der Waals surface area contributed by atoms with E-state index in [1.54, 1.807) is 41.9 Å². The third-order valence-corrected chi connectivity index (χ3v) is 3.33. The Hall–Kier alpha value is -2.63. The normalized spacial score (nSPS) is 17.0. The van der Waals surface area contributed by atoms with Crippen LogP contribution < -0.4 is 0 Å². The molecule has 0 amide bonds. The summed E-state index contributed by atoms with van der Waals surface area (Å²) in [5.41, 5.74) is 2.02. The second-order valence-corrected chi connectivity index (χ2v) is 4.86. The second-order valence-electron chi connectivity index (χ2n) is 4.86. The van der Waals surface area contributed by atoms with Crippen molar-refractivity contribution >= 4 is 11.9 Å². The van der Waals surface area contributed by atoms with Crippen molar-refractivity contribution in [3.8, 4) is 5.69 Å². The molecule has 21 heavy (non-hydrogen) atoms. The Morgan fingerprint density at radius 3 is 2.95 bits per heavy atom. The highest BCUT2D eigenvalue weighted by atomic mass is 16.5. The number of rotatable bonds is 1. The lowest BCUT2D eigenvalue weighted by molar-refractivity contribution is 0.0333. The molecule has 0 spiro atoms. The van der Waals surface area contributed by atoms with Gasteiger partial charge in [-0.25, -0.2) is 14.3 Å². The van der Waals surface area contributed by atoms with Gasteiger partial charge in [-0.2, -0.15) is 5.10 Å². The molecule has 1 aliphatic heterocycles. The van der Waals surface area contributed by atoms with Gasteiger partial charge >= 0.3 is 11.9 Å². The summed E-state index contributed by atoms with van der Waals surface area (Å²) in [4.78, 5) is 23.8. The molecule has 1 unspecified atom stereocenters. The van der Waals surface area contributed by atoms with Gasteiger partial charge in [-0.3, -0.25) is 0 Å². The van der Waals surface area contributed by atoms with E-state index < -0.39 is 5.97 Å². The summed E-state index contributed by atoms with van der Waals surface area (Å²) in [5.74, 6) is -0.898. The monoisotopic (exact) mass is 286 g/mol. The van der Waals surface area contributed by atoms with Crippen LogP contribution in [0.5, 0.6) is 0 Å². The van der Waals surface area contributed by atoms with E-state index in [0.717, 1.165) is 5.69 Å². The molecule has 0 radical (unpaired) electrons. The second kappa shape index (κ2) is 5.05. The number of methoxy groups -OCH3 is 1. The van der Waals surface area contributed by atoms with Crippen molar-refractivity contribution in [2.24, 2.45) is 0 Å². The Labute approximate surface area is 121 Å². The first-order chi connectivity index (χ1) is 10.1. The molecule has 1 aliphatic rings. The average Bonchev–Trinajstić information content (AvgIpc) is 2.88. The minimum absolute atomic E-state index is 0.212. The predicted molar refractivity (Wildman–Crippen MR) is 73.5 cm³/mol. The zero-order valence-electron chi connectivity index (χ0n) is 11.7. The van der Waals surface area contributed by atoms with Gasteiger partial charge in [0.1, 0.15) is 6.10 Å². The molecule has 1 aromatic carbocycles.